The van der Waals surface area contributed by atoms with Gasteiger partial charge in [0.15, 0.2) is 5.03 Å². The number of nitrogens with one attached hydrogen (secondary N) is 1. The number of hydrogen-bond donors (Lipinski definition) is 1. The number of hydrogen-bond acceptors (Lipinski definition) is 5. The van der Waals surface area contributed by atoms with E-state index in [1.165, 1.54) is 16.8 Å². The van der Waals surface area contributed by atoms with E-state index >= 15 is 0 Å². The van der Waals surface area contributed by atoms with Gasteiger partial charge in [-0.05, 0) is 6.92 Å². The molecule has 3 rings (SSSR count). The minimum Gasteiger partial charge on any atom is -0.368 e. The normalized spacial score (nSPS) is 20.8. The van der Waals surface area contributed by atoms with Crippen molar-refractivity contribution in [3.63, 3.8) is 0 Å². The Bertz CT molecular complexity index is 736. The van der Waals surface area contributed by atoms with Crippen LogP contribution in [0, 0.1) is 6.92 Å². The number of morpholine rings is 1. The SMILES string of the molecule is Cc1cnc([C@@H]2CN(S(=O)(=O)c3cn(C)cn3)CCO2)[nH]1. The van der Waals surface area contributed by atoms with Crippen LogP contribution in [0.4, 0.5) is 0 Å². The first-order valence-corrected chi connectivity index (χ1v) is 8.02. The Labute approximate surface area is 122 Å². The number of H-pyrrole nitrogens is 1. The molecule has 0 saturated carbocycles. The van der Waals surface area contributed by atoms with Gasteiger partial charge in [-0.25, -0.2) is 18.4 Å². The Balaban J connectivity index is 1.83. The third-order valence-electron chi connectivity index (χ3n) is 3.34. The van der Waals surface area contributed by atoms with Crippen LogP contribution < -0.4 is 0 Å². The summed E-state index contributed by atoms with van der Waals surface area (Å²) in [5, 5.41) is 0.0567. The predicted octanol–water partition coefficient (Wildman–Crippen LogP) is 0.214. The zero-order chi connectivity index (χ0) is 15.0. The van der Waals surface area contributed by atoms with E-state index < -0.39 is 10.0 Å². The Morgan fingerprint density at radius 3 is 2.86 bits per heavy atom. The number of imidazole rings is 2. The van der Waals surface area contributed by atoms with Gasteiger partial charge in [0.25, 0.3) is 10.0 Å². The van der Waals surface area contributed by atoms with Crippen molar-refractivity contribution in [2.75, 3.05) is 19.7 Å². The second-order valence-electron chi connectivity index (χ2n) is 5.05. The first kappa shape index (κ1) is 14.2. The van der Waals surface area contributed by atoms with E-state index in [1.54, 1.807) is 17.8 Å². The first-order valence-electron chi connectivity index (χ1n) is 6.58. The minimum absolute atomic E-state index is 0.0567. The van der Waals surface area contributed by atoms with Crippen molar-refractivity contribution in [2.24, 2.45) is 7.05 Å². The molecule has 2 aromatic rings. The number of nitrogens with zero attached hydrogens (tertiary/aromatic N) is 4. The lowest BCUT2D eigenvalue weighted by molar-refractivity contribution is -0.00717. The summed E-state index contributed by atoms with van der Waals surface area (Å²) in [7, 11) is -1.86. The molecule has 21 heavy (non-hydrogen) atoms. The molecule has 0 amide bonds. The van der Waals surface area contributed by atoms with E-state index in [9.17, 15) is 8.42 Å². The van der Waals surface area contributed by atoms with Crippen LogP contribution in [0.3, 0.4) is 0 Å². The molecule has 9 heteroatoms. The maximum atomic E-state index is 12.5. The maximum absolute atomic E-state index is 12.5. The highest BCUT2D eigenvalue weighted by Gasteiger charge is 2.33. The van der Waals surface area contributed by atoms with E-state index in [-0.39, 0.29) is 17.7 Å². The molecule has 8 nitrogen and oxygen atoms in total. The smallest absolute Gasteiger partial charge is 0.262 e. The highest BCUT2D eigenvalue weighted by molar-refractivity contribution is 7.89. The van der Waals surface area contributed by atoms with Crippen LogP contribution in [0.5, 0.6) is 0 Å². The molecule has 0 spiro atoms. The van der Waals surface area contributed by atoms with Gasteiger partial charge >= 0.3 is 0 Å². The van der Waals surface area contributed by atoms with Crippen LogP contribution in [0.1, 0.15) is 17.6 Å². The van der Waals surface area contributed by atoms with Gasteiger partial charge in [-0.15, -0.1) is 0 Å². The lowest BCUT2D eigenvalue weighted by atomic mass is 10.3. The Kier molecular flexibility index (Phi) is 3.56. The zero-order valence-electron chi connectivity index (χ0n) is 11.9. The van der Waals surface area contributed by atoms with Gasteiger partial charge in [0.2, 0.25) is 0 Å². The second-order valence-corrected chi connectivity index (χ2v) is 6.94. The number of ether oxygens (including phenoxy) is 1. The van der Waals surface area contributed by atoms with Crippen molar-refractivity contribution in [3.8, 4) is 0 Å². The van der Waals surface area contributed by atoms with Gasteiger partial charge in [0.1, 0.15) is 11.9 Å². The van der Waals surface area contributed by atoms with Gasteiger partial charge in [-0.3, -0.25) is 0 Å². The van der Waals surface area contributed by atoms with E-state index in [0.717, 1.165) is 5.69 Å². The summed E-state index contributed by atoms with van der Waals surface area (Å²) in [6.07, 6.45) is 4.29. The molecular formula is C12H17N5O3S. The summed E-state index contributed by atoms with van der Waals surface area (Å²) in [5.74, 6) is 0.647. The Morgan fingerprint density at radius 1 is 1.43 bits per heavy atom. The minimum atomic E-state index is -3.60. The van der Waals surface area contributed by atoms with Crippen LogP contribution in [0.15, 0.2) is 23.7 Å². The molecule has 1 N–H and O–H groups in total. The topological polar surface area (TPSA) is 93.1 Å². The largest absolute Gasteiger partial charge is 0.368 e. The van der Waals surface area contributed by atoms with Crippen LogP contribution in [-0.2, 0) is 21.8 Å². The third-order valence-corrected chi connectivity index (χ3v) is 5.09. The van der Waals surface area contributed by atoms with Gasteiger partial charge in [-0.2, -0.15) is 4.31 Å². The van der Waals surface area contributed by atoms with E-state index in [1.807, 2.05) is 6.92 Å². The van der Waals surface area contributed by atoms with Crippen LogP contribution in [-0.4, -0.2) is 51.9 Å². The summed E-state index contributed by atoms with van der Waals surface area (Å²) in [6.45, 7) is 2.76. The van der Waals surface area contributed by atoms with Crippen LogP contribution >= 0.6 is 0 Å². The lowest BCUT2D eigenvalue weighted by Gasteiger charge is -2.30. The number of aromatic nitrogens is 4. The molecule has 0 radical (unpaired) electrons. The molecule has 1 fully saturated rings. The molecule has 114 valence electrons. The molecule has 0 aromatic carbocycles. The monoisotopic (exact) mass is 311 g/mol. The van der Waals surface area contributed by atoms with Gasteiger partial charge in [0.05, 0.1) is 12.9 Å². The Morgan fingerprint density at radius 2 is 2.24 bits per heavy atom. The average molecular weight is 311 g/mol. The number of sulfonamides is 1. The number of aromatic amines is 1. The van der Waals surface area contributed by atoms with Crippen LogP contribution in [0.25, 0.3) is 0 Å². The molecule has 1 aliphatic rings. The van der Waals surface area contributed by atoms with Crippen molar-refractivity contribution in [3.05, 3.63) is 30.2 Å². The Hall–Kier alpha value is -1.71. The molecule has 0 unspecified atom stereocenters. The second kappa shape index (κ2) is 5.24. The summed E-state index contributed by atoms with van der Waals surface area (Å²) < 4.78 is 33.7. The molecule has 3 heterocycles. The number of aryl methyl sites for hydroxylation is 2. The fourth-order valence-corrected chi connectivity index (χ4v) is 3.65. The van der Waals surface area contributed by atoms with E-state index in [2.05, 4.69) is 15.0 Å². The predicted molar refractivity (Wildman–Crippen MR) is 74.0 cm³/mol. The van der Waals surface area contributed by atoms with Gasteiger partial charge in [0, 0.05) is 38.2 Å². The quantitative estimate of drug-likeness (QED) is 0.875. The fraction of sp³-hybridized carbons (Fsp3) is 0.500. The van der Waals surface area contributed by atoms with Gasteiger partial charge in [-0.1, -0.05) is 0 Å². The highest BCUT2D eigenvalue weighted by Crippen LogP contribution is 2.24. The summed E-state index contributed by atoms with van der Waals surface area (Å²) in [4.78, 5) is 11.2. The maximum Gasteiger partial charge on any atom is 0.262 e. The van der Waals surface area contributed by atoms with Gasteiger partial charge < -0.3 is 14.3 Å². The van der Waals surface area contributed by atoms with Crippen molar-refractivity contribution >= 4 is 10.0 Å². The zero-order valence-corrected chi connectivity index (χ0v) is 12.7. The molecular weight excluding hydrogens is 294 g/mol. The van der Waals surface area contributed by atoms with Crippen molar-refractivity contribution in [1.82, 2.24) is 23.8 Å². The number of rotatable bonds is 3. The lowest BCUT2D eigenvalue weighted by Crippen LogP contribution is -2.42. The molecule has 0 bridgehead atoms. The average Bonchev–Trinajstić information content (AvgIpc) is 3.08. The summed E-state index contributed by atoms with van der Waals surface area (Å²) in [5.41, 5.74) is 0.915. The molecule has 1 atom stereocenters. The van der Waals surface area contributed by atoms with Crippen molar-refractivity contribution in [2.45, 2.75) is 18.1 Å². The molecule has 0 aliphatic carbocycles. The summed E-state index contributed by atoms with van der Waals surface area (Å²) >= 11 is 0. The molecule has 1 saturated heterocycles. The summed E-state index contributed by atoms with van der Waals surface area (Å²) in [6, 6.07) is 0. The standard InChI is InChI=1S/C12H17N5O3S/c1-9-5-13-12(15-9)10-6-17(3-4-20-10)21(18,19)11-7-16(2)8-14-11/h5,7-8,10H,3-4,6H2,1-2H3,(H,13,15)/t10-/m0/s1. The van der Waals surface area contributed by atoms with Crippen LogP contribution in [0.2, 0.25) is 0 Å². The first-order chi connectivity index (χ1) is 9.96. The highest BCUT2D eigenvalue weighted by atomic mass is 32.2. The molecule has 2 aromatic heterocycles. The van der Waals surface area contributed by atoms with E-state index in [4.69, 9.17) is 4.74 Å². The molecule has 1 aliphatic heterocycles. The van der Waals surface area contributed by atoms with Crippen molar-refractivity contribution in [1.29, 1.82) is 0 Å². The van der Waals surface area contributed by atoms with E-state index in [0.29, 0.717) is 19.0 Å². The third kappa shape index (κ3) is 2.71. The fourth-order valence-electron chi connectivity index (χ4n) is 2.26. The van der Waals surface area contributed by atoms with Crippen molar-refractivity contribution < 1.29 is 13.2 Å².